The van der Waals surface area contributed by atoms with Gasteiger partial charge in [0.1, 0.15) is 6.10 Å². The van der Waals surface area contributed by atoms with Gasteiger partial charge in [-0.25, -0.2) is 28.3 Å². The molecule has 1 aromatic heterocycles. The molecule has 1 aliphatic rings. The zero-order chi connectivity index (χ0) is 20.0. The fraction of sp³-hybridized carbons (Fsp3) is 0.167. The van der Waals surface area contributed by atoms with Crippen LogP contribution in [0.5, 0.6) is 0 Å². The van der Waals surface area contributed by atoms with Gasteiger partial charge in [-0.2, -0.15) is 0 Å². The lowest BCUT2D eigenvalue weighted by Crippen LogP contribution is -2.32. The second kappa shape index (κ2) is 7.27. The van der Waals surface area contributed by atoms with Crippen molar-refractivity contribution in [2.45, 2.75) is 19.2 Å². The highest BCUT2D eigenvalue weighted by molar-refractivity contribution is 9.10. The first-order valence-electron chi connectivity index (χ1n) is 8.19. The Morgan fingerprint density at radius 2 is 1.50 bits per heavy atom. The molecule has 0 fully saturated rings. The Kier molecular flexibility index (Phi) is 4.95. The molecular weight excluding hydrogens is 473 g/mol. The van der Waals surface area contributed by atoms with Crippen molar-refractivity contribution in [1.29, 1.82) is 0 Å². The summed E-state index contributed by atoms with van der Waals surface area (Å²) < 4.78 is 9.77. The quantitative estimate of drug-likeness (QED) is 0.535. The number of ether oxygens (including phenoxy) is 1. The van der Waals surface area contributed by atoms with Gasteiger partial charge in [-0.05, 0) is 42.5 Å². The number of rotatable bonds is 3. The summed E-state index contributed by atoms with van der Waals surface area (Å²) in [6.45, 7) is 0.162. The first-order valence-corrected chi connectivity index (χ1v) is 9.74. The minimum atomic E-state index is -0.617. The molecule has 2 aromatic carbocycles. The Labute approximate surface area is 176 Å². The molecule has 7 nitrogen and oxygen atoms in total. The molecule has 28 heavy (non-hydrogen) atoms. The lowest BCUT2D eigenvalue weighted by Gasteiger charge is -2.11. The van der Waals surface area contributed by atoms with Gasteiger partial charge in [-0.15, -0.1) is 0 Å². The van der Waals surface area contributed by atoms with Crippen molar-refractivity contribution in [3.63, 3.8) is 0 Å². The topological polar surface area (TPSA) is 75.2 Å². The molecule has 0 aliphatic carbocycles. The fourth-order valence-electron chi connectivity index (χ4n) is 3.09. The highest BCUT2D eigenvalue weighted by Crippen LogP contribution is 2.21. The van der Waals surface area contributed by atoms with E-state index in [0.29, 0.717) is 15.6 Å². The van der Waals surface area contributed by atoms with Crippen LogP contribution in [0.3, 0.4) is 0 Å². The summed E-state index contributed by atoms with van der Waals surface area (Å²) in [5.41, 5.74) is -0.431. The number of halogens is 3. The van der Waals surface area contributed by atoms with E-state index in [4.69, 9.17) is 27.9 Å². The van der Waals surface area contributed by atoms with E-state index in [2.05, 4.69) is 15.9 Å². The first-order chi connectivity index (χ1) is 13.3. The van der Waals surface area contributed by atoms with E-state index in [-0.39, 0.29) is 18.8 Å². The number of carbonyl (C=O) groups is 1. The monoisotopic (exact) mass is 483 g/mol. The lowest BCUT2D eigenvalue weighted by molar-refractivity contribution is 0.0290. The Morgan fingerprint density at radius 1 is 0.964 bits per heavy atom. The van der Waals surface area contributed by atoms with E-state index in [0.717, 1.165) is 9.04 Å². The molecule has 0 saturated carbocycles. The van der Waals surface area contributed by atoms with Crippen LogP contribution in [0.1, 0.15) is 10.4 Å². The van der Waals surface area contributed by atoms with Gasteiger partial charge >= 0.3 is 17.3 Å². The zero-order valence-corrected chi connectivity index (χ0v) is 17.2. The standard InChI is InChI=1S/C18H12BrCl2N3O4/c19-11-3-1-10(2-4-11)16(25)28-15-8-22-17(26)24(18(27)23(22)9-15)14-6-12(20)5-13(21)7-14/h1-7,15H,8-9H2. The Bertz CT molecular complexity index is 1140. The molecule has 2 heterocycles. The highest BCUT2D eigenvalue weighted by Gasteiger charge is 2.30. The number of carbonyl (C=O) groups excluding carboxylic acids is 1. The summed E-state index contributed by atoms with van der Waals surface area (Å²) in [7, 11) is 0. The summed E-state index contributed by atoms with van der Waals surface area (Å²) in [5.74, 6) is -0.516. The normalized spacial score (nSPS) is 13.5. The molecule has 0 N–H and O–H groups in total. The predicted molar refractivity (Wildman–Crippen MR) is 108 cm³/mol. The van der Waals surface area contributed by atoms with Gasteiger partial charge in [-0.3, -0.25) is 0 Å². The van der Waals surface area contributed by atoms with Crippen molar-refractivity contribution in [2.24, 2.45) is 0 Å². The van der Waals surface area contributed by atoms with Crippen molar-refractivity contribution in [3.05, 3.63) is 83.5 Å². The number of hydrogen-bond acceptors (Lipinski definition) is 4. The van der Waals surface area contributed by atoms with Crippen LogP contribution in [0.4, 0.5) is 0 Å². The average Bonchev–Trinajstić information content (AvgIpc) is 3.14. The third-order valence-electron chi connectivity index (χ3n) is 4.33. The van der Waals surface area contributed by atoms with Gasteiger partial charge in [0.2, 0.25) is 0 Å². The lowest BCUT2D eigenvalue weighted by atomic mass is 10.2. The maximum Gasteiger partial charge on any atom is 0.351 e. The minimum Gasteiger partial charge on any atom is -0.455 e. The maximum atomic E-state index is 12.7. The molecule has 0 bridgehead atoms. The summed E-state index contributed by atoms with van der Waals surface area (Å²) in [6.07, 6.45) is -0.617. The number of aromatic nitrogens is 3. The predicted octanol–water partition coefficient (Wildman–Crippen LogP) is 3.11. The van der Waals surface area contributed by atoms with Crippen LogP contribution >= 0.6 is 39.1 Å². The Hall–Kier alpha value is -2.29. The van der Waals surface area contributed by atoms with Crippen LogP contribution in [0.25, 0.3) is 5.69 Å². The van der Waals surface area contributed by atoms with Gasteiger partial charge in [0.25, 0.3) is 0 Å². The highest BCUT2D eigenvalue weighted by atomic mass is 79.9. The summed E-state index contributed by atoms with van der Waals surface area (Å²) in [5, 5.41) is 0.623. The summed E-state index contributed by atoms with van der Waals surface area (Å²) in [4.78, 5) is 37.7. The van der Waals surface area contributed by atoms with E-state index in [1.807, 2.05) is 0 Å². The second-order valence-electron chi connectivity index (χ2n) is 6.23. The van der Waals surface area contributed by atoms with Crippen LogP contribution in [-0.4, -0.2) is 26.0 Å². The van der Waals surface area contributed by atoms with Crippen molar-refractivity contribution >= 4 is 45.1 Å². The molecule has 144 valence electrons. The molecule has 4 rings (SSSR count). The third kappa shape index (κ3) is 3.43. The van der Waals surface area contributed by atoms with Gasteiger partial charge < -0.3 is 4.74 Å². The maximum absolute atomic E-state index is 12.7. The number of benzene rings is 2. The summed E-state index contributed by atoms with van der Waals surface area (Å²) in [6, 6.07) is 11.2. The molecule has 0 saturated heterocycles. The molecule has 3 aromatic rings. The second-order valence-corrected chi connectivity index (χ2v) is 8.02. The average molecular weight is 485 g/mol. The van der Waals surface area contributed by atoms with Crippen molar-refractivity contribution in [2.75, 3.05) is 0 Å². The summed E-state index contributed by atoms with van der Waals surface area (Å²) >= 11 is 15.2. The van der Waals surface area contributed by atoms with Gasteiger partial charge in [0.05, 0.1) is 24.3 Å². The van der Waals surface area contributed by atoms with Gasteiger partial charge in [0, 0.05) is 14.5 Å². The molecule has 0 amide bonds. The molecule has 1 aliphatic heterocycles. The van der Waals surface area contributed by atoms with E-state index < -0.39 is 23.5 Å². The van der Waals surface area contributed by atoms with E-state index >= 15 is 0 Å². The molecular formula is C18H12BrCl2N3O4. The Balaban J connectivity index is 1.59. The number of nitrogens with zero attached hydrogens (tertiary/aromatic N) is 3. The van der Waals surface area contributed by atoms with E-state index in [1.54, 1.807) is 24.3 Å². The smallest absolute Gasteiger partial charge is 0.351 e. The largest absolute Gasteiger partial charge is 0.455 e. The van der Waals surface area contributed by atoms with Crippen molar-refractivity contribution in [3.8, 4) is 5.69 Å². The van der Waals surface area contributed by atoms with Crippen LogP contribution in [0, 0.1) is 0 Å². The Morgan fingerprint density at radius 3 is 2.04 bits per heavy atom. The molecule has 10 heteroatoms. The SMILES string of the molecule is O=C(OC1Cn2c(=O)n(-c3cc(Cl)cc(Cl)c3)c(=O)n2C1)c1ccc(Br)cc1. The fourth-order valence-corrected chi connectivity index (χ4v) is 3.86. The van der Waals surface area contributed by atoms with Crippen molar-refractivity contribution in [1.82, 2.24) is 13.9 Å². The minimum absolute atomic E-state index is 0.0810. The zero-order valence-electron chi connectivity index (χ0n) is 14.1. The molecule has 0 spiro atoms. The number of hydrogen-bond donors (Lipinski definition) is 0. The van der Waals surface area contributed by atoms with Crippen LogP contribution < -0.4 is 11.4 Å². The number of fused-ring (bicyclic) bond motifs is 1. The van der Waals surface area contributed by atoms with Crippen LogP contribution in [0.2, 0.25) is 10.0 Å². The molecule has 0 unspecified atom stereocenters. The molecule has 0 atom stereocenters. The van der Waals surface area contributed by atoms with E-state index in [1.165, 1.54) is 27.6 Å². The van der Waals surface area contributed by atoms with Gasteiger partial charge in [0.15, 0.2) is 0 Å². The van der Waals surface area contributed by atoms with Gasteiger partial charge in [-0.1, -0.05) is 39.1 Å². The van der Waals surface area contributed by atoms with Crippen LogP contribution in [-0.2, 0) is 17.8 Å². The first kappa shape index (κ1) is 19.0. The van der Waals surface area contributed by atoms with Crippen molar-refractivity contribution < 1.29 is 9.53 Å². The number of esters is 1. The van der Waals surface area contributed by atoms with Crippen LogP contribution in [0.15, 0.2) is 56.5 Å². The van der Waals surface area contributed by atoms with E-state index in [9.17, 15) is 14.4 Å². The molecule has 0 radical (unpaired) electrons. The third-order valence-corrected chi connectivity index (χ3v) is 5.29.